The minimum Gasteiger partial charge on any atom is -0.305 e. The van der Waals surface area contributed by atoms with Gasteiger partial charge in [-0.3, -0.25) is 4.79 Å². The van der Waals surface area contributed by atoms with E-state index in [0.717, 1.165) is 27.9 Å². The van der Waals surface area contributed by atoms with E-state index in [4.69, 9.17) is 4.98 Å². The van der Waals surface area contributed by atoms with Crippen LogP contribution in [0, 0.1) is 6.92 Å². The van der Waals surface area contributed by atoms with Gasteiger partial charge in [0.05, 0.1) is 22.8 Å². The van der Waals surface area contributed by atoms with Crippen molar-refractivity contribution < 1.29 is 4.79 Å². The van der Waals surface area contributed by atoms with Gasteiger partial charge in [0.1, 0.15) is 0 Å². The molecule has 0 aliphatic rings. The Hall–Kier alpha value is -3.73. The van der Waals surface area contributed by atoms with Gasteiger partial charge >= 0.3 is 0 Å². The van der Waals surface area contributed by atoms with E-state index in [-0.39, 0.29) is 11.9 Å². The highest BCUT2D eigenvalue weighted by atomic mass is 16.2. The molecular formula is C26H26N4O. The number of amides is 1. The number of carbonyl (C=O) groups excluding carboxylic acids is 1. The summed E-state index contributed by atoms with van der Waals surface area (Å²) in [6.45, 7) is 10.4. The SMILES string of the molecule is C=CCN(C(=O)c1cc(-c2ccccc2C)nc2c1cnn2C(C)C)c1ccccc1. The van der Waals surface area contributed by atoms with Gasteiger partial charge < -0.3 is 4.90 Å². The second-order valence-corrected chi connectivity index (χ2v) is 7.83. The predicted octanol–water partition coefficient (Wildman–Crippen LogP) is 5.82. The highest BCUT2D eigenvalue weighted by Gasteiger charge is 2.23. The average Bonchev–Trinajstić information content (AvgIpc) is 3.21. The van der Waals surface area contributed by atoms with Gasteiger partial charge in [-0.25, -0.2) is 9.67 Å². The fraction of sp³-hybridized carbons (Fsp3) is 0.192. The second-order valence-electron chi connectivity index (χ2n) is 7.83. The van der Waals surface area contributed by atoms with Gasteiger partial charge in [-0.1, -0.05) is 48.5 Å². The molecule has 5 nitrogen and oxygen atoms in total. The molecule has 2 heterocycles. The molecule has 5 heteroatoms. The van der Waals surface area contributed by atoms with E-state index in [9.17, 15) is 4.79 Å². The fourth-order valence-electron chi connectivity index (χ4n) is 3.76. The third kappa shape index (κ3) is 3.87. The number of pyridine rings is 1. The lowest BCUT2D eigenvalue weighted by atomic mass is 10.0. The maximum absolute atomic E-state index is 13.8. The Morgan fingerprint density at radius 2 is 1.84 bits per heavy atom. The number of aryl methyl sites for hydroxylation is 1. The molecule has 2 aromatic heterocycles. The van der Waals surface area contributed by atoms with Crippen molar-refractivity contribution in [1.82, 2.24) is 14.8 Å². The van der Waals surface area contributed by atoms with Gasteiger partial charge in [0.15, 0.2) is 5.65 Å². The molecule has 4 aromatic rings. The molecule has 2 aromatic carbocycles. The van der Waals surface area contributed by atoms with Crippen molar-refractivity contribution >= 4 is 22.6 Å². The number of rotatable bonds is 6. The molecule has 0 saturated carbocycles. The standard InChI is InChI=1S/C26H26N4O/c1-5-15-29(20-12-7-6-8-13-20)26(31)22-16-24(21-14-10-9-11-19(21)4)28-25-23(22)17-27-30(25)18(2)3/h5-14,16-18H,1,15H2,2-4H3. The van der Waals surface area contributed by atoms with Crippen LogP contribution in [0.5, 0.6) is 0 Å². The monoisotopic (exact) mass is 410 g/mol. The predicted molar refractivity (Wildman–Crippen MR) is 126 cm³/mol. The third-order valence-corrected chi connectivity index (χ3v) is 5.33. The van der Waals surface area contributed by atoms with Gasteiger partial charge in [-0.15, -0.1) is 6.58 Å². The Morgan fingerprint density at radius 3 is 2.52 bits per heavy atom. The summed E-state index contributed by atoms with van der Waals surface area (Å²) in [4.78, 5) is 20.5. The van der Waals surface area contributed by atoms with E-state index in [1.54, 1.807) is 17.2 Å². The molecular weight excluding hydrogens is 384 g/mol. The number of anilines is 1. The van der Waals surface area contributed by atoms with Crippen LogP contribution in [-0.4, -0.2) is 27.2 Å². The zero-order valence-corrected chi connectivity index (χ0v) is 18.1. The summed E-state index contributed by atoms with van der Waals surface area (Å²) in [6.07, 6.45) is 3.48. The molecule has 0 unspecified atom stereocenters. The minimum atomic E-state index is -0.100. The lowest BCUT2D eigenvalue weighted by molar-refractivity contribution is 0.0991. The Bertz CT molecular complexity index is 1240. The number of hydrogen-bond acceptors (Lipinski definition) is 3. The minimum absolute atomic E-state index is 0.100. The van der Waals surface area contributed by atoms with E-state index in [1.807, 2.05) is 59.3 Å². The zero-order chi connectivity index (χ0) is 22.0. The quantitative estimate of drug-likeness (QED) is 0.376. The van der Waals surface area contributed by atoms with Crippen molar-refractivity contribution in [2.45, 2.75) is 26.8 Å². The van der Waals surface area contributed by atoms with Crippen molar-refractivity contribution in [3.8, 4) is 11.3 Å². The summed E-state index contributed by atoms with van der Waals surface area (Å²) in [5.74, 6) is -0.100. The van der Waals surface area contributed by atoms with Crippen molar-refractivity contribution in [1.29, 1.82) is 0 Å². The van der Waals surface area contributed by atoms with Gasteiger partial charge in [0.2, 0.25) is 0 Å². The Balaban J connectivity index is 1.95. The molecule has 0 N–H and O–H groups in total. The molecule has 0 aliphatic heterocycles. The number of carbonyl (C=O) groups is 1. The summed E-state index contributed by atoms with van der Waals surface area (Å²) in [7, 11) is 0. The summed E-state index contributed by atoms with van der Waals surface area (Å²) in [6, 6.07) is 19.7. The highest BCUT2D eigenvalue weighted by molar-refractivity contribution is 6.14. The fourth-order valence-corrected chi connectivity index (χ4v) is 3.76. The van der Waals surface area contributed by atoms with Gasteiger partial charge in [-0.2, -0.15) is 5.10 Å². The molecule has 0 saturated heterocycles. The van der Waals surface area contributed by atoms with Crippen LogP contribution in [0.15, 0.2) is 79.5 Å². The average molecular weight is 411 g/mol. The van der Waals surface area contributed by atoms with Gasteiger partial charge in [0.25, 0.3) is 5.91 Å². The van der Waals surface area contributed by atoms with Crippen molar-refractivity contribution in [2.24, 2.45) is 0 Å². The maximum Gasteiger partial charge on any atom is 0.259 e. The van der Waals surface area contributed by atoms with Gasteiger partial charge in [0, 0.05) is 23.8 Å². The molecule has 156 valence electrons. The van der Waals surface area contributed by atoms with E-state index in [0.29, 0.717) is 17.8 Å². The van der Waals surface area contributed by atoms with Gasteiger partial charge in [-0.05, 0) is 44.5 Å². The molecule has 0 fully saturated rings. The van der Waals surface area contributed by atoms with Crippen LogP contribution in [0.3, 0.4) is 0 Å². The second kappa shape index (κ2) is 8.56. The number of hydrogen-bond donors (Lipinski definition) is 0. The summed E-state index contributed by atoms with van der Waals surface area (Å²) >= 11 is 0. The lowest BCUT2D eigenvalue weighted by Crippen LogP contribution is -2.31. The number of aromatic nitrogens is 3. The molecule has 0 bridgehead atoms. The van der Waals surface area contributed by atoms with Crippen molar-refractivity contribution in [3.05, 3.63) is 90.6 Å². The van der Waals surface area contributed by atoms with Crippen LogP contribution in [0.4, 0.5) is 5.69 Å². The molecule has 0 spiro atoms. The maximum atomic E-state index is 13.8. The van der Waals surface area contributed by atoms with Crippen LogP contribution in [0.25, 0.3) is 22.3 Å². The Labute approximate surface area is 182 Å². The topological polar surface area (TPSA) is 51.0 Å². The Morgan fingerprint density at radius 1 is 1.13 bits per heavy atom. The number of nitrogens with zero attached hydrogens (tertiary/aromatic N) is 4. The summed E-state index contributed by atoms with van der Waals surface area (Å²) < 4.78 is 1.87. The van der Waals surface area contributed by atoms with Crippen LogP contribution in [0.1, 0.15) is 35.8 Å². The lowest BCUT2D eigenvalue weighted by Gasteiger charge is -2.22. The smallest absolute Gasteiger partial charge is 0.259 e. The van der Waals surface area contributed by atoms with Crippen LogP contribution >= 0.6 is 0 Å². The molecule has 1 amide bonds. The first-order valence-electron chi connectivity index (χ1n) is 10.4. The van der Waals surface area contributed by atoms with E-state index in [2.05, 4.69) is 38.5 Å². The first-order valence-corrected chi connectivity index (χ1v) is 10.4. The molecule has 4 rings (SSSR count). The largest absolute Gasteiger partial charge is 0.305 e. The number of benzene rings is 2. The normalized spacial score (nSPS) is 11.1. The number of para-hydroxylation sites is 1. The van der Waals surface area contributed by atoms with Crippen LogP contribution in [-0.2, 0) is 0 Å². The summed E-state index contributed by atoms with van der Waals surface area (Å²) in [5.41, 5.74) is 5.00. The van der Waals surface area contributed by atoms with E-state index < -0.39 is 0 Å². The molecule has 0 atom stereocenters. The number of fused-ring (bicyclic) bond motifs is 1. The van der Waals surface area contributed by atoms with Crippen LogP contribution < -0.4 is 4.90 Å². The molecule has 0 aliphatic carbocycles. The van der Waals surface area contributed by atoms with Crippen molar-refractivity contribution in [3.63, 3.8) is 0 Å². The Kier molecular flexibility index (Phi) is 5.67. The summed E-state index contributed by atoms with van der Waals surface area (Å²) in [5, 5.41) is 5.29. The first kappa shape index (κ1) is 20.5. The van der Waals surface area contributed by atoms with E-state index in [1.165, 1.54) is 0 Å². The molecule has 0 radical (unpaired) electrons. The van der Waals surface area contributed by atoms with Crippen molar-refractivity contribution in [2.75, 3.05) is 11.4 Å². The molecule has 31 heavy (non-hydrogen) atoms. The third-order valence-electron chi connectivity index (χ3n) is 5.33. The zero-order valence-electron chi connectivity index (χ0n) is 18.1. The van der Waals surface area contributed by atoms with Crippen LogP contribution in [0.2, 0.25) is 0 Å². The first-order chi connectivity index (χ1) is 15.0. The van der Waals surface area contributed by atoms with E-state index >= 15 is 0 Å². The highest BCUT2D eigenvalue weighted by Crippen LogP contribution is 2.30.